The van der Waals surface area contributed by atoms with Crippen molar-refractivity contribution in [3.63, 3.8) is 0 Å². The molecule has 94 valence electrons. The van der Waals surface area contributed by atoms with E-state index < -0.39 is 5.97 Å². The van der Waals surface area contributed by atoms with Gasteiger partial charge in [0.1, 0.15) is 17.2 Å². The Bertz CT molecular complexity index is 373. The van der Waals surface area contributed by atoms with E-state index in [-0.39, 0.29) is 12.5 Å². The Labute approximate surface area is 105 Å². The van der Waals surface area contributed by atoms with Gasteiger partial charge in [-0.3, -0.25) is 4.79 Å². The normalized spacial score (nSPS) is 12.1. The molecule has 0 aromatic carbocycles. The van der Waals surface area contributed by atoms with E-state index in [9.17, 15) is 4.79 Å². The molecule has 17 heavy (non-hydrogen) atoms. The summed E-state index contributed by atoms with van der Waals surface area (Å²) in [6.07, 6.45) is 5.27. The Morgan fingerprint density at radius 1 is 1.59 bits per heavy atom. The van der Waals surface area contributed by atoms with Gasteiger partial charge in [0.2, 0.25) is 0 Å². The lowest BCUT2D eigenvalue weighted by molar-refractivity contribution is -0.137. The highest BCUT2D eigenvalue weighted by atomic mass is 32.2. The molecule has 1 heterocycles. The fraction of sp³-hybridized carbons (Fsp3) is 0.545. The molecule has 0 radical (unpaired) electrons. The molecular formula is C11H17N3O2S. The smallest absolute Gasteiger partial charge is 0.305 e. The third-order valence-electron chi connectivity index (χ3n) is 2.26. The van der Waals surface area contributed by atoms with Crippen LogP contribution in [0.15, 0.2) is 17.4 Å². The minimum atomic E-state index is -0.796. The predicted octanol–water partition coefficient (Wildman–Crippen LogP) is 2.25. The zero-order valence-electron chi connectivity index (χ0n) is 10.0. The first kappa shape index (κ1) is 13.8. The lowest BCUT2D eigenvalue weighted by atomic mass is 10.1. The maximum atomic E-state index is 10.7. The number of aromatic nitrogens is 2. The Balaban J connectivity index is 2.67. The molecule has 6 heteroatoms. The van der Waals surface area contributed by atoms with Crippen LogP contribution in [0.4, 0.5) is 5.82 Å². The third-order valence-corrected chi connectivity index (χ3v) is 2.90. The average molecular weight is 255 g/mol. The van der Waals surface area contributed by atoms with Gasteiger partial charge in [-0.2, -0.15) is 0 Å². The quantitative estimate of drug-likeness (QED) is 0.575. The maximum Gasteiger partial charge on any atom is 0.305 e. The van der Waals surface area contributed by atoms with Gasteiger partial charge in [-0.15, -0.1) is 11.8 Å². The molecule has 0 aliphatic heterocycles. The molecule has 2 N–H and O–H groups in total. The third kappa shape index (κ3) is 5.04. The Kier molecular flexibility index (Phi) is 5.76. The summed E-state index contributed by atoms with van der Waals surface area (Å²) >= 11 is 1.53. The second kappa shape index (κ2) is 7.11. The van der Waals surface area contributed by atoms with E-state index in [4.69, 9.17) is 5.11 Å². The minimum absolute atomic E-state index is 0.0814. The summed E-state index contributed by atoms with van der Waals surface area (Å²) in [5.41, 5.74) is 0. The Hall–Kier alpha value is -1.30. The van der Waals surface area contributed by atoms with Crippen molar-refractivity contribution in [1.82, 2.24) is 9.97 Å². The van der Waals surface area contributed by atoms with Crippen LogP contribution in [0.25, 0.3) is 0 Å². The van der Waals surface area contributed by atoms with E-state index >= 15 is 0 Å². The summed E-state index contributed by atoms with van der Waals surface area (Å²) in [4.78, 5) is 18.9. The number of thioether (sulfide) groups is 1. The van der Waals surface area contributed by atoms with Crippen LogP contribution in [0.5, 0.6) is 0 Å². The molecular weight excluding hydrogens is 238 g/mol. The molecule has 1 rings (SSSR count). The van der Waals surface area contributed by atoms with Gasteiger partial charge in [0.25, 0.3) is 0 Å². The fourth-order valence-electron chi connectivity index (χ4n) is 1.52. The number of nitrogens with zero attached hydrogens (tertiary/aromatic N) is 2. The van der Waals surface area contributed by atoms with Crippen LogP contribution in [-0.4, -0.2) is 33.3 Å². The van der Waals surface area contributed by atoms with Crippen molar-refractivity contribution >= 4 is 23.5 Å². The van der Waals surface area contributed by atoms with E-state index in [0.29, 0.717) is 5.82 Å². The van der Waals surface area contributed by atoms with Gasteiger partial charge in [-0.05, 0) is 12.7 Å². The van der Waals surface area contributed by atoms with E-state index in [1.165, 1.54) is 18.1 Å². The molecule has 0 saturated carbocycles. The largest absolute Gasteiger partial charge is 0.481 e. The molecule has 1 unspecified atom stereocenters. The monoisotopic (exact) mass is 255 g/mol. The molecule has 0 aliphatic rings. The van der Waals surface area contributed by atoms with Gasteiger partial charge in [-0.1, -0.05) is 13.3 Å². The van der Waals surface area contributed by atoms with E-state index in [1.54, 1.807) is 0 Å². The number of carbonyl (C=O) groups is 1. The maximum absolute atomic E-state index is 10.7. The summed E-state index contributed by atoms with van der Waals surface area (Å²) < 4.78 is 0. The fourth-order valence-corrected chi connectivity index (χ4v) is 1.91. The summed E-state index contributed by atoms with van der Waals surface area (Å²) in [6, 6.07) is 1.75. The second-order valence-electron chi connectivity index (χ2n) is 3.67. The summed E-state index contributed by atoms with van der Waals surface area (Å²) in [5, 5.41) is 12.8. The number of hydrogen-bond acceptors (Lipinski definition) is 5. The summed E-state index contributed by atoms with van der Waals surface area (Å²) in [5.74, 6) is -0.112. The van der Waals surface area contributed by atoms with Crippen LogP contribution in [0, 0.1) is 0 Å². The number of carboxylic acid groups (broad SMARTS) is 1. The van der Waals surface area contributed by atoms with Crippen molar-refractivity contribution < 1.29 is 9.90 Å². The lowest BCUT2D eigenvalue weighted by Gasteiger charge is -2.16. The highest BCUT2D eigenvalue weighted by molar-refractivity contribution is 7.98. The molecule has 0 amide bonds. The number of hydrogen-bond donors (Lipinski definition) is 2. The summed E-state index contributed by atoms with van der Waals surface area (Å²) in [6.45, 7) is 2.03. The molecule has 1 aromatic heterocycles. The Morgan fingerprint density at radius 2 is 2.35 bits per heavy atom. The highest BCUT2D eigenvalue weighted by Crippen LogP contribution is 2.16. The van der Waals surface area contributed by atoms with Crippen molar-refractivity contribution in [3.05, 3.63) is 12.4 Å². The predicted molar refractivity (Wildman–Crippen MR) is 68.4 cm³/mol. The average Bonchev–Trinajstić information content (AvgIpc) is 2.29. The molecule has 0 saturated heterocycles. The van der Waals surface area contributed by atoms with Crippen LogP contribution >= 0.6 is 11.8 Å². The molecule has 1 aromatic rings. The molecule has 0 fully saturated rings. The molecule has 5 nitrogen and oxygen atoms in total. The minimum Gasteiger partial charge on any atom is -0.481 e. The number of rotatable bonds is 7. The lowest BCUT2D eigenvalue weighted by Crippen LogP contribution is -2.23. The second-order valence-corrected chi connectivity index (χ2v) is 4.50. The molecule has 1 atom stereocenters. The zero-order chi connectivity index (χ0) is 12.7. The van der Waals surface area contributed by atoms with Crippen LogP contribution in [0.2, 0.25) is 0 Å². The van der Waals surface area contributed by atoms with E-state index in [0.717, 1.165) is 17.9 Å². The van der Waals surface area contributed by atoms with Gasteiger partial charge >= 0.3 is 5.97 Å². The number of anilines is 1. The molecule has 0 bridgehead atoms. The first-order chi connectivity index (χ1) is 8.15. The SMILES string of the molecule is CCCC(CC(=O)O)Nc1cc(SC)ncn1. The van der Waals surface area contributed by atoms with Crippen LogP contribution in [0.3, 0.4) is 0 Å². The van der Waals surface area contributed by atoms with Crippen LogP contribution in [-0.2, 0) is 4.79 Å². The molecule has 0 aliphatic carbocycles. The van der Waals surface area contributed by atoms with Crippen molar-refractivity contribution in [2.24, 2.45) is 0 Å². The van der Waals surface area contributed by atoms with E-state index in [1.807, 2.05) is 19.2 Å². The standard InChI is InChI=1S/C11H17N3O2S/c1-3-4-8(5-11(15)16)14-9-6-10(17-2)13-7-12-9/h6-8H,3-5H2,1-2H3,(H,15,16)(H,12,13,14). The van der Waals surface area contributed by atoms with Crippen LogP contribution < -0.4 is 5.32 Å². The van der Waals surface area contributed by atoms with Crippen molar-refractivity contribution in [2.75, 3.05) is 11.6 Å². The summed E-state index contributed by atoms with van der Waals surface area (Å²) in [7, 11) is 0. The molecule has 0 spiro atoms. The first-order valence-corrected chi connectivity index (χ1v) is 6.72. The van der Waals surface area contributed by atoms with Crippen molar-refractivity contribution in [1.29, 1.82) is 0 Å². The van der Waals surface area contributed by atoms with Gasteiger partial charge in [0.05, 0.1) is 6.42 Å². The zero-order valence-corrected chi connectivity index (χ0v) is 10.8. The van der Waals surface area contributed by atoms with Gasteiger partial charge in [-0.25, -0.2) is 9.97 Å². The number of aliphatic carboxylic acids is 1. The van der Waals surface area contributed by atoms with Gasteiger partial charge in [0.15, 0.2) is 0 Å². The van der Waals surface area contributed by atoms with Crippen LogP contribution in [0.1, 0.15) is 26.2 Å². The van der Waals surface area contributed by atoms with Crippen molar-refractivity contribution in [2.45, 2.75) is 37.3 Å². The van der Waals surface area contributed by atoms with Gasteiger partial charge < -0.3 is 10.4 Å². The first-order valence-electron chi connectivity index (χ1n) is 5.50. The topological polar surface area (TPSA) is 75.1 Å². The van der Waals surface area contributed by atoms with E-state index in [2.05, 4.69) is 15.3 Å². The number of carboxylic acids is 1. The highest BCUT2D eigenvalue weighted by Gasteiger charge is 2.12. The number of nitrogens with one attached hydrogen (secondary N) is 1. The van der Waals surface area contributed by atoms with Gasteiger partial charge in [0, 0.05) is 12.1 Å². The Morgan fingerprint density at radius 3 is 2.94 bits per heavy atom. The van der Waals surface area contributed by atoms with Crippen molar-refractivity contribution in [3.8, 4) is 0 Å².